The van der Waals surface area contributed by atoms with Crippen LogP contribution in [-0.2, 0) is 16.0 Å². The van der Waals surface area contributed by atoms with E-state index in [2.05, 4.69) is 20.9 Å². The lowest BCUT2D eigenvalue weighted by Gasteiger charge is -2.23. The Morgan fingerprint density at radius 3 is 2.33 bits per heavy atom. The van der Waals surface area contributed by atoms with Gasteiger partial charge in [-0.05, 0) is 80.2 Å². The number of anilines is 1. The van der Waals surface area contributed by atoms with Gasteiger partial charge in [-0.2, -0.15) is 0 Å². The number of piperidine rings is 1. The number of rotatable bonds is 12. The molecule has 4 aromatic rings. The Hall–Kier alpha value is -5.10. The molecule has 11 nitrogen and oxygen atoms in total. The van der Waals surface area contributed by atoms with Gasteiger partial charge >= 0.3 is 11.8 Å². The Morgan fingerprint density at radius 2 is 1.63 bits per heavy atom. The molecule has 3 aromatic carbocycles. The minimum atomic E-state index is -0.929. The average Bonchev–Trinajstić information content (AvgIpc) is 3.08. The number of carbonyl (C=O) groups excluding carboxylic acids is 2. The number of fused-ring (bicyclic) bond motifs is 1. The number of ether oxygens (including phenoxy) is 5. The van der Waals surface area contributed by atoms with Gasteiger partial charge in [-0.3, -0.25) is 14.6 Å². The topological polar surface area (TPSA) is 129 Å². The first kappa shape index (κ1) is 32.3. The third-order valence-electron chi connectivity index (χ3n) is 7.65. The summed E-state index contributed by atoms with van der Waals surface area (Å²) in [6.07, 6.45) is 4.11. The summed E-state index contributed by atoms with van der Waals surface area (Å²) in [4.78, 5) is 29.3. The number of amides is 2. The predicted molar refractivity (Wildman–Crippen MR) is 171 cm³/mol. The average molecular weight is 633 g/mol. The maximum atomic E-state index is 15.1. The summed E-state index contributed by atoms with van der Waals surface area (Å²) in [6.45, 7) is 2.73. The third-order valence-corrected chi connectivity index (χ3v) is 7.65. The van der Waals surface area contributed by atoms with Crippen LogP contribution in [0.3, 0.4) is 0 Å². The van der Waals surface area contributed by atoms with Gasteiger partial charge in [-0.1, -0.05) is 0 Å². The number of hydrogen-bond donors (Lipinski definition) is 3. The molecule has 0 saturated carbocycles. The van der Waals surface area contributed by atoms with E-state index < -0.39 is 17.6 Å². The molecule has 1 aliphatic heterocycles. The van der Waals surface area contributed by atoms with E-state index in [4.69, 9.17) is 23.7 Å². The second-order valence-electron chi connectivity index (χ2n) is 10.8. The number of hydrogen-bond acceptors (Lipinski definition) is 9. The molecule has 1 fully saturated rings. The molecule has 0 radical (unpaired) electrons. The molecule has 0 aliphatic carbocycles. The normalized spacial score (nSPS) is 13.1. The summed E-state index contributed by atoms with van der Waals surface area (Å²) < 4.78 is 43.2. The number of aromatic nitrogens is 1. The number of nitrogens with zero attached hydrogens (tertiary/aromatic N) is 1. The van der Waals surface area contributed by atoms with Crippen LogP contribution < -0.4 is 39.6 Å². The highest BCUT2D eigenvalue weighted by Crippen LogP contribution is 2.38. The molecule has 0 bridgehead atoms. The maximum Gasteiger partial charge on any atom is 0.313 e. The van der Waals surface area contributed by atoms with E-state index in [1.165, 1.54) is 12.1 Å². The first-order valence-electron chi connectivity index (χ1n) is 15.0. The fourth-order valence-corrected chi connectivity index (χ4v) is 5.12. The number of halogens is 1. The molecule has 1 saturated heterocycles. The quantitative estimate of drug-likeness (QED) is 0.188. The van der Waals surface area contributed by atoms with Crippen molar-refractivity contribution in [1.82, 2.24) is 15.6 Å². The lowest BCUT2D eigenvalue weighted by Crippen LogP contribution is -2.36. The van der Waals surface area contributed by atoms with Crippen LogP contribution >= 0.6 is 0 Å². The van der Waals surface area contributed by atoms with Gasteiger partial charge < -0.3 is 39.6 Å². The second-order valence-corrected chi connectivity index (χ2v) is 10.8. The molecule has 5 rings (SSSR count). The molecule has 2 amide bonds. The van der Waals surface area contributed by atoms with Gasteiger partial charge in [0.1, 0.15) is 17.2 Å². The molecule has 0 spiro atoms. The van der Waals surface area contributed by atoms with Gasteiger partial charge in [0.25, 0.3) is 0 Å². The first-order chi connectivity index (χ1) is 22.4. The summed E-state index contributed by atoms with van der Waals surface area (Å²) in [6, 6.07) is 14.4. The Labute approximate surface area is 266 Å². The van der Waals surface area contributed by atoms with Crippen LogP contribution in [0.4, 0.5) is 10.1 Å². The van der Waals surface area contributed by atoms with E-state index in [0.29, 0.717) is 58.6 Å². The van der Waals surface area contributed by atoms with Crippen LogP contribution in [0.25, 0.3) is 10.9 Å². The van der Waals surface area contributed by atoms with Crippen LogP contribution in [0.5, 0.6) is 34.5 Å². The molecule has 1 aromatic heterocycles. The van der Waals surface area contributed by atoms with Crippen molar-refractivity contribution in [3.05, 3.63) is 72.2 Å². The Kier molecular flexibility index (Phi) is 10.7. The highest BCUT2D eigenvalue weighted by molar-refractivity contribution is 6.39. The number of benzene rings is 3. The van der Waals surface area contributed by atoms with E-state index in [9.17, 15) is 9.59 Å². The number of nitrogens with one attached hydrogen (secondary N) is 3. The molecule has 2 heterocycles. The van der Waals surface area contributed by atoms with Crippen LogP contribution in [0.1, 0.15) is 18.4 Å². The Balaban J connectivity index is 1.20. The van der Waals surface area contributed by atoms with Gasteiger partial charge in [0, 0.05) is 42.0 Å². The van der Waals surface area contributed by atoms with Crippen molar-refractivity contribution in [3.63, 3.8) is 0 Å². The van der Waals surface area contributed by atoms with Gasteiger partial charge in [0.15, 0.2) is 23.1 Å². The van der Waals surface area contributed by atoms with Crippen molar-refractivity contribution in [3.8, 4) is 34.5 Å². The SMILES string of the molecule is COc1cc(CCNC(=O)C(=O)Nc2ccc(Oc3ccnc4cc(OCC5CCNCC5)c(OC)cc34)c(F)c2)cc(OC)c1. The molecule has 12 heteroatoms. The van der Waals surface area contributed by atoms with Crippen LogP contribution in [-0.4, -0.2) is 64.4 Å². The lowest BCUT2D eigenvalue weighted by molar-refractivity contribution is -0.136. The maximum absolute atomic E-state index is 15.1. The van der Waals surface area contributed by atoms with Crippen LogP contribution in [0.2, 0.25) is 0 Å². The van der Waals surface area contributed by atoms with Crippen molar-refractivity contribution >= 4 is 28.4 Å². The highest BCUT2D eigenvalue weighted by atomic mass is 19.1. The lowest BCUT2D eigenvalue weighted by atomic mass is 9.99. The van der Waals surface area contributed by atoms with Crippen LogP contribution in [0.15, 0.2) is 60.8 Å². The Morgan fingerprint density at radius 1 is 0.870 bits per heavy atom. The zero-order valence-electron chi connectivity index (χ0n) is 26.0. The summed E-state index contributed by atoms with van der Waals surface area (Å²) in [5.74, 6) is 0.555. The van der Waals surface area contributed by atoms with Crippen molar-refractivity contribution in [2.24, 2.45) is 5.92 Å². The molecule has 3 N–H and O–H groups in total. The van der Waals surface area contributed by atoms with Gasteiger partial charge in [0.2, 0.25) is 0 Å². The molecule has 46 heavy (non-hydrogen) atoms. The van der Waals surface area contributed by atoms with Crippen LogP contribution in [0, 0.1) is 11.7 Å². The largest absolute Gasteiger partial charge is 0.497 e. The van der Waals surface area contributed by atoms with E-state index in [1.807, 2.05) is 12.1 Å². The summed E-state index contributed by atoms with van der Waals surface area (Å²) in [5, 5.41) is 8.93. The van der Waals surface area contributed by atoms with E-state index in [1.54, 1.807) is 51.8 Å². The zero-order chi connectivity index (χ0) is 32.5. The smallest absolute Gasteiger partial charge is 0.313 e. The fourth-order valence-electron chi connectivity index (χ4n) is 5.12. The molecule has 242 valence electrons. The predicted octanol–water partition coefficient (Wildman–Crippen LogP) is 4.87. The van der Waals surface area contributed by atoms with Crippen molar-refractivity contribution in [2.75, 3.05) is 52.9 Å². The second kappa shape index (κ2) is 15.3. The molecule has 0 atom stereocenters. The van der Waals surface area contributed by atoms with Crippen molar-refractivity contribution in [2.45, 2.75) is 19.3 Å². The molecular weight excluding hydrogens is 595 g/mol. The van der Waals surface area contributed by atoms with Gasteiger partial charge in [-0.25, -0.2) is 4.39 Å². The highest BCUT2D eigenvalue weighted by Gasteiger charge is 2.18. The summed E-state index contributed by atoms with van der Waals surface area (Å²) >= 11 is 0. The van der Waals surface area contributed by atoms with E-state index >= 15 is 4.39 Å². The van der Waals surface area contributed by atoms with Gasteiger partial charge in [-0.15, -0.1) is 0 Å². The molecular formula is C34H37FN4O7. The fraction of sp³-hybridized carbons (Fsp3) is 0.324. The standard InChI is InChI=1S/C34H37FN4O7/c1-42-24-14-22(15-25(17-24)43-2)8-12-38-33(40)34(41)39-23-4-5-30(27(35)16-23)46-29-9-13-37-28-19-32(31(44-3)18-26(28)29)45-20-21-6-10-36-11-7-21/h4-5,9,13-19,21,36H,6-8,10-12,20H2,1-3H3,(H,38,40)(H,39,41). The van der Waals surface area contributed by atoms with Crippen molar-refractivity contribution < 1.29 is 37.7 Å². The molecule has 0 unspecified atom stereocenters. The number of methoxy groups -OCH3 is 3. The van der Waals surface area contributed by atoms with E-state index in [0.717, 1.165) is 37.6 Å². The molecule has 1 aliphatic rings. The zero-order valence-corrected chi connectivity index (χ0v) is 26.0. The third kappa shape index (κ3) is 8.13. The Bertz CT molecular complexity index is 1670. The summed E-state index contributed by atoms with van der Waals surface area (Å²) in [7, 11) is 4.65. The van der Waals surface area contributed by atoms with Gasteiger partial charge in [0.05, 0.1) is 33.5 Å². The minimum absolute atomic E-state index is 0.0751. The van der Waals surface area contributed by atoms with Crippen molar-refractivity contribution in [1.29, 1.82) is 0 Å². The monoisotopic (exact) mass is 632 g/mol. The summed E-state index contributed by atoms with van der Waals surface area (Å²) in [5.41, 5.74) is 1.55. The first-order valence-corrected chi connectivity index (χ1v) is 15.0. The number of carbonyl (C=O) groups is 2. The number of pyridine rings is 1. The van der Waals surface area contributed by atoms with E-state index in [-0.39, 0.29) is 18.0 Å². The minimum Gasteiger partial charge on any atom is -0.497 e.